The Morgan fingerprint density at radius 1 is 1.26 bits per heavy atom. The summed E-state index contributed by atoms with van der Waals surface area (Å²) in [5.41, 5.74) is 2.53. The monoisotopic (exact) mass is 367 g/mol. The Hall–Kier alpha value is -2.27. The number of likely N-dealkylation sites (tertiary alicyclic amines) is 1. The van der Waals surface area contributed by atoms with Crippen LogP contribution in [0, 0.1) is 0 Å². The number of anilines is 1. The molecule has 2 aliphatic rings. The average Bonchev–Trinajstić information content (AvgIpc) is 3.23. The molecule has 0 radical (unpaired) electrons. The van der Waals surface area contributed by atoms with Gasteiger partial charge in [0, 0.05) is 51.0 Å². The summed E-state index contributed by atoms with van der Waals surface area (Å²) in [6.45, 7) is 12.8. The molecule has 1 fully saturated rings. The van der Waals surface area contributed by atoms with Crippen molar-refractivity contribution in [1.29, 1.82) is 0 Å². The van der Waals surface area contributed by atoms with Crippen molar-refractivity contribution in [3.63, 3.8) is 0 Å². The van der Waals surface area contributed by atoms with E-state index in [1.54, 1.807) is 0 Å². The lowest BCUT2D eigenvalue weighted by Gasteiger charge is -2.32. The summed E-state index contributed by atoms with van der Waals surface area (Å²) in [6, 6.07) is 9.22. The maximum absolute atomic E-state index is 4.83. The third-order valence-electron chi connectivity index (χ3n) is 5.17. The minimum atomic E-state index is 0.492. The van der Waals surface area contributed by atoms with Crippen LogP contribution in [0.1, 0.15) is 25.3 Å². The summed E-state index contributed by atoms with van der Waals surface area (Å²) in [4.78, 5) is 9.65. The topological polar surface area (TPSA) is 42.9 Å². The first-order chi connectivity index (χ1) is 13.3. The highest BCUT2D eigenvalue weighted by Gasteiger charge is 2.19. The second kappa shape index (κ2) is 10.2. The van der Waals surface area contributed by atoms with Gasteiger partial charge in [0.25, 0.3) is 0 Å². The molecule has 0 saturated carbocycles. The molecule has 0 amide bonds. The Balaban J connectivity index is 1.56. The van der Waals surface area contributed by atoms with E-state index in [0.29, 0.717) is 12.6 Å². The molecule has 0 unspecified atom stereocenters. The normalized spacial score (nSPS) is 18.7. The number of aliphatic imine (C=N–C) groups is 1. The molecule has 2 N–H and O–H groups in total. The highest BCUT2D eigenvalue weighted by atomic mass is 15.2. The minimum absolute atomic E-state index is 0.492. The molecular weight excluding hydrogens is 334 g/mol. The molecule has 0 bridgehead atoms. The van der Waals surface area contributed by atoms with Crippen molar-refractivity contribution in [3.8, 4) is 0 Å². The van der Waals surface area contributed by atoms with Crippen molar-refractivity contribution in [2.45, 2.75) is 32.4 Å². The second-order valence-electron chi connectivity index (χ2n) is 7.25. The summed E-state index contributed by atoms with van der Waals surface area (Å²) in [6.07, 6.45) is 8.73. The van der Waals surface area contributed by atoms with Crippen LogP contribution in [0.5, 0.6) is 0 Å². The van der Waals surface area contributed by atoms with E-state index in [4.69, 9.17) is 4.99 Å². The van der Waals surface area contributed by atoms with Gasteiger partial charge in [0.15, 0.2) is 5.96 Å². The van der Waals surface area contributed by atoms with Crippen molar-refractivity contribution in [2.24, 2.45) is 4.99 Å². The molecule has 1 saturated heterocycles. The molecular formula is C22H33N5. The summed E-state index contributed by atoms with van der Waals surface area (Å²) in [7, 11) is 0. The predicted octanol–water partition coefficient (Wildman–Crippen LogP) is 2.77. The van der Waals surface area contributed by atoms with Gasteiger partial charge in [-0.3, -0.25) is 4.90 Å². The first-order valence-corrected chi connectivity index (χ1v) is 10.2. The molecule has 5 heteroatoms. The largest absolute Gasteiger partial charge is 0.364 e. The average molecular weight is 368 g/mol. The van der Waals surface area contributed by atoms with Crippen LogP contribution in [0.15, 0.2) is 54.1 Å². The molecule has 146 valence electrons. The molecule has 0 aromatic heterocycles. The highest BCUT2D eigenvalue weighted by molar-refractivity contribution is 5.80. The zero-order valence-electron chi connectivity index (χ0n) is 16.5. The van der Waals surface area contributed by atoms with E-state index in [2.05, 4.69) is 70.4 Å². The van der Waals surface area contributed by atoms with Gasteiger partial charge >= 0.3 is 0 Å². The Bertz CT molecular complexity index is 650. The third-order valence-corrected chi connectivity index (χ3v) is 5.17. The van der Waals surface area contributed by atoms with Crippen molar-refractivity contribution < 1.29 is 0 Å². The van der Waals surface area contributed by atoms with Crippen LogP contribution in [0.3, 0.4) is 0 Å². The van der Waals surface area contributed by atoms with Crippen molar-refractivity contribution in [2.75, 3.05) is 44.2 Å². The molecule has 3 rings (SSSR count). The van der Waals surface area contributed by atoms with Crippen LogP contribution in [0.25, 0.3) is 0 Å². The van der Waals surface area contributed by atoms with Gasteiger partial charge in [0.05, 0.1) is 6.54 Å². The van der Waals surface area contributed by atoms with Crippen molar-refractivity contribution in [3.05, 3.63) is 54.6 Å². The molecule has 0 atom stereocenters. The lowest BCUT2D eigenvalue weighted by atomic mass is 10.1. The summed E-state index contributed by atoms with van der Waals surface area (Å²) in [5, 5.41) is 7.02. The lowest BCUT2D eigenvalue weighted by molar-refractivity contribution is 0.225. The SMILES string of the molecule is C=CCN1CCC(NC(=NCc2cccc(N3CC=CC3)c2)NCC)CC1. The fourth-order valence-electron chi connectivity index (χ4n) is 3.67. The number of guanidine groups is 1. The van der Waals surface area contributed by atoms with E-state index in [9.17, 15) is 0 Å². The number of hydrogen-bond donors (Lipinski definition) is 2. The maximum Gasteiger partial charge on any atom is 0.191 e. The van der Waals surface area contributed by atoms with Gasteiger partial charge in [-0.25, -0.2) is 4.99 Å². The van der Waals surface area contributed by atoms with Gasteiger partial charge in [-0.15, -0.1) is 6.58 Å². The van der Waals surface area contributed by atoms with Gasteiger partial charge < -0.3 is 15.5 Å². The van der Waals surface area contributed by atoms with Gasteiger partial charge in [-0.1, -0.05) is 30.4 Å². The first kappa shape index (κ1) is 19.5. The lowest BCUT2D eigenvalue weighted by Crippen LogP contribution is -2.48. The van der Waals surface area contributed by atoms with E-state index in [1.165, 1.54) is 11.3 Å². The first-order valence-electron chi connectivity index (χ1n) is 10.2. The standard InChI is InChI=1S/C22H33N5/c1-3-12-26-15-10-20(11-16-26)25-22(23-4-2)24-18-19-8-7-9-21(17-19)27-13-5-6-14-27/h3,5-9,17,20H,1,4,10-16,18H2,2H3,(H2,23,24,25). The molecule has 1 aromatic carbocycles. The van der Waals surface area contributed by atoms with Crippen LogP contribution < -0.4 is 15.5 Å². The molecule has 5 nitrogen and oxygen atoms in total. The van der Waals surface area contributed by atoms with E-state index in [-0.39, 0.29) is 0 Å². The van der Waals surface area contributed by atoms with Crippen LogP contribution in [-0.2, 0) is 6.54 Å². The number of hydrogen-bond acceptors (Lipinski definition) is 3. The number of rotatable bonds is 7. The molecule has 1 aromatic rings. The zero-order valence-corrected chi connectivity index (χ0v) is 16.5. The van der Waals surface area contributed by atoms with Crippen LogP contribution in [-0.4, -0.2) is 56.2 Å². The number of piperidine rings is 1. The molecule has 2 aliphatic heterocycles. The van der Waals surface area contributed by atoms with E-state index >= 15 is 0 Å². The second-order valence-corrected chi connectivity index (χ2v) is 7.25. The molecule has 0 aliphatic carbocycles. The smallest absolute Gasteiger partial charge is 0.191 e. The van der Waals surface area contributed by atoms with Crippen molar-refractivity contribution >= 4 is 11.6 Å². The summed E-state index contributed by atoms with van der Waals surface area (Å²) in [5.74, 6) is 0.924. The molecule has 0 spiro atoms. The third kappa shape index (κ3) is 5.86. The predicted molar refractivity (Wildman–Crippen MR) is 115 cm³/mol. The fraction of sp³-hybridized carbons (Fsp3) is 0.500. The fourth-order valence-corrected chi connectivity index (χ4v) is 3.67. The van der Waals surface area contributed by atoms with Gasteiger partial charge in [-0.05, 0) is 37.5 Å². The molecule has 27 heavy (non-hydrogen) atoms. The van der Waals surface area contributed by atoms with Crippen LogP contribution in [0.4, 0.5) is 5.69 Å². The van der Waals surface area contributed by atoms with Gasteiger partial charge in [0.1, 0.15) is 0 Å². The number of nitrogens with one attached hydrogen (secondary N) is 2. The van der Waals surface area contributed by atoms with Crippen LogP contribution in [0.2, 0.25) is 0 Å². The van der Waals surface area contributed by atoms with Gasteiger partial charge in [0.2, 0.25) is 0 Å². The Kier molecular flexibility index (Phi) is 7.34. The number of benzene rings is 1. The Labute approximate surface area is 163 Å². The Morgan fingerprint density at radius 3 is 2.74 bits per heavy atom. The number of nitrogens with zero attached hydrogens (tertiary/aromatic N) is 3. The minimum Gasteiger partial charge on any atom is -0.364 e. The van der Waals surface area contributed by atoms with E-state index in [0.717, 1.165) is 58.1 Å². The van der Waals surface area contributed by atoms with Crippen LogP contribution >= 0.6 is 0 Å². The maximum atomic E-state index is 4.83. The highest BCUT2D eigenvalue weighted by Crippen LogP contribution is 2.19. The summed E-state index contributed by atoms with van der Waals surface area (Å²) >= 11 is 0. The van der Waals surface area contributed by atoms with E-state index < -0.39 is 0 Å². The van der Waals surface area contributed by atoms with E-state index in [1.807, 2.05) is 6.08 Å². The van der Waals surface area contributed by atoms with Crippen molar-refractivity contribution in [1.82, 2.24) is 15.5 Å². The summed E-state index contributed by atoms with van der Waals surface area (Å²) < 4.78 is 0. The quantitative estimate of drug-likeness (QED) is 0.442. The van der Waals surface area contributed by atoms with Gasteiger partial charge in [-0.2, -0.15) is 0 Å². The zero-order chi connectivity index (χ0) is 18.9. The molecule has 2 heterocycles. The Morgan fingerprint density at radius 2 is 2.04 bits per heavy atom.